The zero-order chi connectivity index (χ0) is 10.0. The van der Waals surface area contributed by atoms with Crippen LogP contribution in [0.1, 0.15) is 31.2 Å². The summed E-state index contributed by atoms with van der Waals surface area (Å²) < 4.78 is 0. The molecule has 0 bridgehead atoms. The van der Waals surface area contributed by atoms with E-state index in [2.05, 4.69) is 0 Å². The molecule has 1 aliphatic carbocycles. The van der Waals surface area contributed by atoms with Crippen LogP contribution in [0.3, 0.4) is 0 Å². The molecule has 0 atom stereocenters. The fourth-order valence-electron chi connectivity index (χ4n) is 2.00. The van der Waals surface area contributed by atoms with Crippen molar-refractivity contribution in [3.8, 4) is 0 Å². The summed E-state index contributed by atoms with van der Waals surface area (Å²) in [6.07, 6.45) is 2.84. The van der Waals surface area contributed by atoms with E-state index in [1.54, 1.807) is 0 Å². The number of benzene rings is 1. The van der Waals surface area contributed by atoms with E-state index in [9.17, 15) is 5.11 Å². The van der Waals surface area contributed by atoms with E-state index in [0.717, 1.165) is 24.1 Å². The molecule has 2 rings (SSSR count). The minimum atomic E-state index is -0.689. The number of rotatable bonds is 1. The van der Waals surface area contributed by atoms with Crippen molar-refractivity contribution in [1.82, 2.24) is 0 Å². The van der Waals surface area contributed by atoms with E-state index in [4.69, 9.17) is 5.41 Å². The van der Waals surface area contributed by atoms with Crippen molar-refractivity contribution >= 4 is 5.71 Å². The zero-order valence-corrected chi connectivity index (χ0v) is 8.16. The molecule has 2 heteroatoms. The van der Waals surface area contributed by atoms with E-state index in [1.807, 2.05) is 30.3 Å². The van der Waals surface area contributed by atoms with Gasteiger partial charge in [0.05, 0.1) is 5.60 Å². The predicted molar refractivity (Wildman–Crippen MR) is 56.5 cm³/mol. The maximum absolute atomic E-state index is 10.4. The van der Waals surface area contributed by atoms with Crippen molar-refractivity contribution in [1.29, 1.82) is 5.41 Å². The molecule has 1 saturated carbocycles. The highest BCUT2D eigenvalue weighted by molar-refractivity contribution is 5.82. The highest BCUT2D eigenvalue weighted by Gasteiger charge is 2.32. The van der Waals surface area contributed by atoms with Gasteiger partial charge >= 0.3 is 0 Å². The zero-order valence-electron chi connectivity index (χ0n) is 8.16. The lowest BCUT2D eigenvalue weighted by Gasteiger charge is -2.32. The summed E-state index contributed by atoms with van der Waals surface area (Å²) in [5.74, 6) is 0. The lowest BCUT2D eigenvalue weighted by atomic mass is 9.79. The van der Waals surface area contributed by atoms with Gasteiger partial charge in [-0.25, -0.2) is 0 Å². The quantitative estimate of drug-likeness (QED) is 0.700. The molecule has 0 aliphatic heterocycles. The fourth-order valence-corrected chi connectivity index (χ4v) is 2.00. The molecule has 74 valence electrons. The van der Waals surface area contributed by atoms with Gasteiger partial charge in [0, 0.05) is 5.71 Å². The van der Waals surface area contributed by atoms with Crippen molar-refractivity contribution in [3.63, 3.8) is 0 Å². The minimum absolute atomic E-state index is 0.689. The van der Waals surface area contributed by atoms with Gasteiger partial charge < -0.3 is 10.5 Å². The second kappa shape index (κ2) is 3.54. The molecule has 1 fully saturated rings. The molecule has 0 radical (unpaired) electrons. The maximum atomic E-state index is 10.4. The minimum Gasteiger partial charge on any atom is -0.385 e. The van der Waals surface area contributed by atoms with Crippen molar-refractivity contribution in [2.24, 2.45) is 0 Å². The topological polar surface area (TPSA) is 44.1 Å². The second-order valence-electron chi connectivity index (χ2n) is 4.00. The summed E-state index contributed by atoms with van der Waals surface area (Å²) in [5, 5.41) is 17.9. The average molecular weight is 189 g/mol. The van der Waals surface area contributed by atoms with Crippen LogP contribution in [-0.2, 0) is 5.60 Å². The average Bonchev–Trinajstić information content (AvgIpc) is 2.24. The van der Waals surface area contributed by atoms with E-state index in [1.165, 1.54) is 0 Å². The fraction of sp³-hybridized carbons (Fsp3) is 0.417. The predicted octanol–water partition coefficient (Wildman–Crippen LogP) is 2.47. The standard InChI is InChI=1S/C12H15NO/c13-11-6-8-12(14,9-7-11)10-4-2-1-3-5-10/h1-5,13-14H,6-9H2. The van der Waals surface area contributed by atoms with Gasteiger partial charge in [-0.2, -0.15) is 0 Å². The summed E-state index contributed by atoms with van der Waals surface area (Å²) in [5.41, 5.74) is 1.07. The van der Waals surface area contributed by atoms with Crippen LogP contribution in [-0.4, -0.2) is 10.8 Å². The second-order valence-corrected chi connectivity index (χ2v) is 4.00. The Bertz CT molecular complexity index is 321. The van der Waals surface area contributed by atoms with Crippen LogP contribution < -0.4 is 0 Å². The van der Waals surface area contributed by atoms with Gasteiger partial charge in [0.25, 0.3) is 0 Å². The van der Waals surface area contributed by atoms with E-state index < -0.39 is 5.60 Å². The molecule has 0 saturated heterocycles. The molecule has 0 amide bonds. The lowest BCUT2D eigenvalue weighted by Crippen LogP contribution is -2.31. The van der Waals surface area contributed by atoms with Gasteiger partial charge in [0.1, 0.15) is 0 Å². The highest BCUT2D eigenvalue weighted by atomic mass is 16.3. The lowest BCUT2D eigenvalue weighted by molar-refractivity contribution is 0.0161. The molecule has 2 N–H and O–H groups in total. The normalized spacial score (nSPS) is 27.6. The Kier molecular flexibility index (Phi) is 2.38. The van der Waals surface area contributed by atoms with Crippen LogP contribution in [0.15, 0.2) is 30.3 Å². The Morgan fingerprint density at radius 1 is 1.07 bits per heavy atom. The van der Waals surface area contributed by atoms with Crippen LogP contribution in [0.2, 0.25) is 0 Å². The molecular formula is C12H15NO. The van der Waals surface area contributed by atoms with Crippen LogP contribution >= 0.6 is 0 Å². The third-order valence-electron chi connectivity index (χ3n) is 2.99. The molecule has 1 aromatic carbocycles. The van der Waals surface area contributed by atoms with Crippen LogP contribution in [0.25, 0.3) is 0 Å². The van der Waals surface area contributed by atoms with Crippen molar-refractivity contribution in [2.75, 3.05) is 0 Å². The van der Waals surface area contributed by atoms with E-state index in [0.29, 0.717) is 12.8 Å². The molecule has 2 nitrogen and oxygen atoms in total. The van der Waals surface area contributed by atoms with E-state index >= 15 is 0 Å². The molecule has 0 aromatic heterocycles. The Hall–Kier alpha value is -1.15. The van der Waals surface area contributed by atoms with Crippen LogP contribution in [0, 0.1) is 5.41 Å². The Labute approximate surface area is 84.1 Å². The van der Waals surface area contributed by atoms with Gasteiger partial charge in [-0.15, -0.1) is 0 Å². The van der Waals surface area contributed by atoms with Gasteiger partial charge in [0.2, 0.25) is 0 Å². The maximum Gasteiger partial charge on any atom is 0.0903 e. The number of nitrogens with one attached hydrogen (secondary N) is 1. The summed E-state index contributed by atoms with van der Waals surface area (Å²) in [4.78, 5) is 0. The summed E-state index contributed by atoms with van der Waals surface area (Å²) in [7, 11) is 0. The first-order chi connectivity index (χ1) is 6.71. The Morgan fingerprint density at radius 3 is 2.21 bits per heavy atom. The van der Waals surface area contributed by atoms with Crippen LogP contribution in [0.5, 0.6) is 0 Å². The largest absolute Gasteiger partial charge is 0.385 e. The summed E-state index contributed by atoms with van der Waals surface area (Å²) in [6.45, 7) is 0. The molecular weight excluding hydrogens is 174 g/mol. The molecule has 1 aromatic rings. The molecule has 1 aliphatic rings. The molecule has 0 spiro atoms. The number of hydrogen-bond donors (Lipinski definition) is 2. The Morgan fingerprint density at radius 2 is 1.64 bits per heavy atom. The van der Waals surface area contributed by atoms with Gasteiger partial charge in [-0.1, -0.05) is 30.3 Å². The highest BCUT2D eigenvalue weighted by Crippen LogP contribution is 2.35. The van der Waals surface area contributed by atoms with Crippen molar-refractivity contribution < 1.29 is 5.11 Å². The van der Waals surface area contributed by atoms with Crippen molar-refractivity contribution in [2.45, 2.75) is 31.3 Å². The monoisotopic (exact) mass is 189 g/mol. The first-order valence-corrected chi connectivity index (χ1v) is 5.05. The van der Waals surface area contributed by atoms with Gasteiger partial charge in [-0.3, -0.25) is 0 Å². The summed E-state index contributed by atoms with van der Waals surface area (Å²) in [6, 6.07) is 9.79. The molecule has 14 heavy (non-hydrogen) atoms. The van der Waals surface area contributed by atoms with E-state index in [-0.39, 0.29) is 0 Å². The van der Waals surface area contributed by atoms with Gasteiger partial charge in [-0.05, 0) is 31.2 Å². The number of hydrogen-bond acceptors (Lipinski definition) is 2. The Balaban J connectivity index is 2.21. The SMILES string of the molecule is N=C1CCC(O)(c2ccccc2)CC1. The number of aliphatic hydroxyl groups is 1. The first-order valence-electron chi connectivity index (χ1n) is 5.05. The molecule has 0 heterocycles. The first kappa shape index (κ1) is 9.41. The smallest absolute Gasteiger partial charge is 0.0903 e. The molecule has 0 unspecified atom stereocenters. The third kappa shape index (κ3) is 1.70. The summed E-state index contributed by atoms with van der Waals surface area (Å²) >= 11 is 0. The van der Waals surface area contributed by atoms with Gasteiger partial charge in [0.15, 0.2) is 0 Å². The third-order valence-corrected chi connectivity index (χ3v) is 2.99. The van der Waals surface area contributed by atoms with Crippen LogP contribution in [0.4, 0.5) is 0 Å². The van der Waals surface area contributed by atoms with Crippen molar-refractivity contribution in [3.05, 3.63) is 35.9 Å².